The van der Waals surface area contributed by atoms with E-state index in [0.29, 0.717) is 6.54 Å². The molecule has 0 bridgehead atoms. The van der Waals surface area contributed by atoms with Gasteiger partial charge in [0.25, 0.3) is 0 Å². The second-order valence-corrected chi connectivity index (χ2v) is 3.61. The molecule has 0 aromatic heterocycles. The predicted octanol–water partition coefficient (Wildman–Crippen LogP) is 1.62. The van der Waals surface area contributed by atoms with Crippen molar-refractivity contribution < 1.29 is 9.59 Å². The molecular weight excluding hydrogens is 190 g/mol. The Kier molecular flexibility index (Phi) is 4.03. The summed E-state index contributed by atoms with van der Waals surface area (Å²) in [4.78, 5) is 23.8. The molecule has 3 heteroatoms. The highest BCUT2D eigenvalue weighted by molar-refractivity contribution is 5.96. The Morgan fingerprint density at radius 1 is 1.20 bits per heavy atom. The van der Waals surface area contributed by atoms with Gasteiger partial charge >= 0.3 is 0 Å². The van der Waals surface area contributed by atoms with Gasteiger partial charge < -0.3 is 4.90 Å². The minimum absolute atomic E-state index is 0.0106. The maximum Gasteiger partial charge on any atom is 0.230 e. The van der Waals surface area contributed by atoms with Crippen LogP contribution < -0.4 is 0 Å². The summed E-state index contributed by atoms with van der Waals surface area (Å²) in [6.45, 7) is 1.97. The SMILES string of the molecule is CC(=O)CC(=O)N(C)Cc1ccccc1. The molecule has 1 aromatic rings. The van der Waals surface area contributed by atoms with E-state index in [1.165, 1.54) is 6.92 Å². The minimum Gasteiger partial charge on any atom is -0.341 e. The van der Waals surface area contributed by atoms with Crippen molar-refractivity contribution in [1.82, 2.24) is 4.90 Å². The largest absolute Gasteiger partial charge is 0.341 e. The summed E-state index contributed by atoms with van der Waals surface area (Å²) in [6.07, 6.45) is -0.0106. The molecular formula is C12H15NO2. The number of nitrogens with zero attached hydrogens (tertiary/aromatic N) is 1. The number of Topliss-reactive ketones (excluding diaryl/α,β-unsaturated/α-hetero) is 1. The first-order chi connectivity index (χ1) is 7.09. The third-order valence-corrected chi connectivity index (χ3v) is 2.09. The fourth-order valence-electron chi connectivity index (χ4n) is 1.29. The van der Waals surface area contributed by atoms with Crippen molar-refractivity contribution in [2.45, 2.75) is 19.9 Å². The van der Waals surface area contributed by atoms with Crippen molar-refractivity contribution >= 4 is 11.7 Å². The number of rotatable bonds is 4. The molecule has 0 aliphatic carbocycles. The van der Waals surface area contributed by atoms with E-state index < -0.39 is 0 Å². The third kappa shape index (κ3) is 3.94. The molecule has 0 aliphatic rings. The summed E-state index contributed by atoms with van der Waals surface area (Å²) in [5.74, 6) is -0.230. The fourth-order valence-corrected chi connectivity index (χ4v) is 1.29. The molecule has 0 N–H and O–H groups in total. The Hall–Kier alpha value is -1.64. The van der Waals surface area contributed by atoms with Gasteiger partial charge in [0.15, 0.2) is 0 Å². The molecule has 0 spiro atoms. The lowest BCUT2D eigenvalue weighted by molar-refractivity contribution is -0.134. The van der Waals surface area contributed by atoms with Gasteiger partial charge in [-0.3, -0.25) is 9.59 Å². The van der Waals surface area contributed by atoms with Crippen LogP contribution in [0.15, 0.2) is 30.3 Å². The number of ketones is 1. The molecule has 0 saturated heterocycles. The summed E-state index contributed by atoms with van der Waals surface area (Å²) in [6, 6.07) is 9.70. The Balaban J connectivity index is 2.52. The lowest BCUT2D eigenvalue weighted by Crippen LogP contribution is -2.27. The zero-order chi connectivity index (χ0) is 11.3. The number of hydrogen-bond donors (Lipinski definition) is 0. The van der Waals surface area contributed by atoms with Crippen molar-refractivity contribution in [3.63, 3.8) is 0 Å². The molecule has 1 aromatic carbocycles. The van der Waals surface area contributed by atoms with Crippen LogP contribution in [0.25, 0.3) is 0 Å². The van der Waals surface area contributed by atoms with Gasteiger partial charge in [-0.2, -0.15) is 0 Å². The van der Waals surface area contributed by atoms with Crippen LogP contribution in [0.5, 0.6) is 0 Å². The van der Waals surface area contributed by atoms with Gasteiger partial charge in [-0.25, -0.2) is 0 Å². The Labute approximate surface area is 89.7 Å². The highest BCUT2D eigenvalue weighted by Gasteiger charge is 2.10. The number of carbonyl (C=O) groups is 2. The van der Waals surface area contributed by atoms with E-state index in [-0.39, 0.29) is 18.1 Å². The maximum absolute atomic E-state index is 11.5. The van der Waals surface area contributed by atoms with E-state index in [1.54, 1.807) is 11.9 Å². The molecule has 0 radical (unpaired) electrons. The normalized spacial score (nSPS) is 9.73. The molecule has 0 saturated carbocycles. The van der Waals surface area contributed by atoms with Gasteiger partial charge in [0, 0.05) is 13.6 Å². The lowest BCUT2D eigenvalue weighted by atomic mass is 10.2. The average Bonchev–Trinajstić information content (AvgIpc) is 2.18. The van der Waals surface area contributed by atoms with Crippen LogP contribution in [0.1, 0.15) is 18.9 Å². The number of hydrogen-bond acceptors (Lipinski definition) is 2. The molecule has 15 heavy (non-hydrogen) atoms. The molecule has 80 valence electrons. The van der Waals surface area contributed by atoms with Crippen LogP contribution in [-0.4, -0.2) is 23.6 Å². The zero-order valence-electron chi connectivity index (χ0n) is 9.06. The van der Waals surface area contributed by atoms with Crippen LogP contribution in [-0.2, 0) is 16.1 Å². The second kappa shape index (κ2) is 5.29. The number of carbonyl (C=O) groups excluding carboxylic acids is 2. The monoisotopic (exact) mass is 205 g/mol. The first-order valence-corrected chi connectivity index (χ1v) is 4.87. The van der Waals surface area contributed by atoms with Gasteiger partial charge in [-0.15, -0.1) is 0 Å². The van der Waals surface area contributed by atoms with Crippen molar-refractivity contribution in [3.05, 3.63) is 35.9 Å². The van der Waals surface area contributed by atoms with Gasteiger partial charge in [0.1, 0.15) is 5.78 Å². The van der Waals surface area contributed by atoms with Crippen LogP contribution >= 0.6 is 0 Å². The standard InChI is InChI=1S/C12H15NO2/c1-10(14)8-12(15)13(2)9-11-6-4-3-5-7-11/h3-7H,8-9H2,1-2H3. The van der Waals surface area contributed by atoms with Crippen LogP contribution in [0.2, 0.25) is 0 Å². The molecule has 1 amide bonds. The second-order valence-electron chi connectivity index (χ2n) is 3.61. The zero-order valence-corrected chi connectivity index (χ0v) is 9.06. The van der Waals surface area contributed by atoms with Crippen LogP contribution in [0.3, 0.4) is 0 Å². The quantitative estimate of drug-likeness (QED) is 0.700. The molecule has 1 rings (SSSR count). The predicted molar refractivity (Wildman–Crippen MR) is 58.2 cm³/mol. The first-order valence-electron chi connectivity index (χ1n) is 4.87. The number of benzene rings is 1. The van der Waals surface area contributed by atoms with E-state index in [0.717, 1.165) is 5.56 Å². The van der Waals surface area contributed by atoms with E-state index >= 15 is 0 Å². The highest BCUT2D eigenvalue weighted by Crippen LogP contribution is 2.03. The van der Waals surface area contributed by atoms with Gasteiger partial charge in [-0.05, 0) is 12.5 Å². The molecule has 0 aliphatic heterocycles. The maximum atomic E-state index is 11.5. The molecule has 0 heterocycles. The van der Waals surface area contributed by atoms with Crippen LogP contribution in [0.4, 0.5) is 0 Å². The van der Waals surface area contributed by atoms with Gasteiger partial charge in [0.2, 0.25) is 5.91 Å². The summed E-state index contributed by atoms with van der Waals surface area (Å²) in [5, 5.41) is 0. The average molecular weight is 205 g/mol. The van der Waals surface area contributed by atoms with E-state index in [2.05, 4.69) is 0 Å². The molecule has 0 atom stereocenters. The Morgan fingerprint density at radius 2 is 1.80 bits per heavy atom. The van der Waals surface area contributed by atoms with Crippen molar-refractivity contribution in [1.29, 1.82) is 0 Å². The van der Waals surface area contributed by atoms with Crippen LogP contribution in [0, 0.1) is 0 Å². The van der Waals surface area contributed by atoms with Crippen molar-refractivity contribution in [2.75, 3.05) is 7.05 Å². The summed E-state index contributed by atoms with van der Waals surface area (Å²) >= 11 is 0. The minimum atomic E-state index is -0.133. The Morgan fingerprint density at radius 3 is 2.33 bits per heavy atom. The highest BCUT2D eigenvalue weighted by atomic mass is 16.2. The topological polar surface area (TPSA) is 37.4 Å². The third-order valence-electron chi connectivity index (χ3n) is 2.09. The summed E-state index contributed by atoms with van der Waals surface area (Å²) in [7, 11) is 1.71. The summed E-state index contributed by atoms with van der Waals surface area (Å²) < 4.78 is 0. The fraction of sp³-hybridized carbons (Fsp3) is 0.333. The first kappa shape index (κ1) is 11.4. The van der Waals surface area contributed by atoms with Gasteiger partial charge in [-0.1, -0.05) is 30.3 Å². The number of amides is 1. The molecule has 0 unspecified atom stereocenters. The van der Waals surface area contributed by atoms with Crippen molar-refractivity contribution in [3.8, 4) is 0 Å². The summed E-state index contributed by atoms with van der Waals surface area (Å²) in [5.41, 5.74) is 1.07. The van der Waals surface area contributed by atoms with Gasteiger partial charge in [0.05, 0.1) is 6.42 Å². The smallest absolute Gasteiger partial charge is 0.230 e. The van der Waals surface area contributed by atoms with Crippen molar-refractivity contribution in [2.24, 2.45) is 0 Å². The Bertz CT molecular complexity index is 346. The molecule has 3 nitrogen and oxygen atoms in total. The lowest BCUT2D eigenvalue weighted by Gasteiger charge is -2.16. The molecule has 0 fully saturated rings. The van der Waals surface area contributed by atoms with E-state index in [4.69, 9.17) is 0 Å². The van der Waals surface area contributed by atoms with E-state index in [1.807, 2.05) is 30.3 Å². The van der Waals surface area contributed by atoms with E-state index in [9.17, 15) is 9.59 Å².